The second-order valence-corrected chi connectivity index (χ2v) is 6.03. The van der Waals surface area contributed by atoms with Gasteiger partial charge in [0.25, 0.3) is 5.91 Å². The maximum Gasteiger partial charge on any atom is 0.256 e. The van der Waals surface area contributed by atoms with E-state index in [2.05, 4.69) is 27.5 Å². The number of hydrogen-bond acceptors (Lipinski definition) is 4. The highest BCUT2D eigenvalue weighted by Crippen LogP contribution is 2.21. The zero-order valence-corrected chi connectivity index (χ0v) is 13.7. The van der Waals surface area contributed by atoms with E-state index in [0.29, 0.717) is 18.7 Å². The quantitative estimate of drug-likeness (QED) is 0.797. The minimum atomic E-state index is 0.0218. The highest BCUT2D eigenvalue weighted by Gasteiger charge is 2.26. The lowest BCUT2D eigenvalue weighted by Gasteiger charge is -2.34. The molecule has 1 aliphatic rings. The van der Waals surface area contributed by atoms with Crippen molar-refractivity contribution in [1.82, 2.24) is 25.0 Å². The largest absolute Gasteiger partial charge is 0.335 e. The van der Waals surface area contributed by atoms with Gasteiger partial charge in [-0.2, -0.15) is 5.10 Å². The molecule has 1 unspecified atom stereocenters. The molecule has 0 saturated carbocycles. The smallest absolute Gasteiger partial charge is 0.256 e. The molecule has 1 N–H and O–H groups in total. The third kappa shape index (κ3) is 3.16. The molecule has 1 saturated heterocycles. The van der Waals surface area contributed by atoms with Gasteiger partial charge < -0.3 is 10.2 Å². The Morgan fingerprint density at radius 2 is 1.88 bits per heavy atom. The van der Waals surface area contributed by atoms with E-state index >= 15 is 0 Å². The number of nitrogens with one attached hydrogen (secondary N) is 1. The van der Waals surface area contributed by atoms with Crippen LogP contribution in [0.15, 0.2) is 67.3 Å². The third-order valence-electron chi connectivity index (χ3n) is 4.46. The Morgan fingerprint density at radius 1 is 1.08 bits per heavy atom. The molecule has 2 aromatic carbocycles. The van der Waals surface area contributed by atoms with Gasteiger partial charge in [-0.05, 0) is 17.7 Å². The van der Waals surface area contributed by atoms with Gasteiger partial charge in [0.15, 0.2) is 0 Å². The molecular formula is C19H19N5O. The number of para-hydroxylation sites is 1. The highest BCUT2D eigenvalue weighted by atomic mass is 16.2. The molecule has 1 aromatic heterocycles. The average molecular weight is 333 g/mol. The van der Waals surface area contributed by atoms with Crippen LogP contribution in [0.4, 0.5) is 0 Å². The fourth-order valence-corrected chi connectivity index (χ4v) is 3.20. The fraction of sp³-hybridized carbons (Fsp3) is 0.211. The number of benzene rings is 2. The molecule has 1 amide bonds. The first-order chi connectivity index (χ1) is 12.3. The minimum Gasteiger partial charge on any atom is -0.335 e. The lowest BCUT2D eigenvalue weighted by Crippen LogP contribution is -2.48. The Bertz CT molecular complexity index is 847. The second-order valence-electron chi connectivity index (χ2n) is 6.03. The number of rotatable bonds is 3. The van der Waals surface area contributed by atoms with Crippen molar-refractivity contribution < 1.29 is 4.79 Å². The molecule has 126 valence electrons. The van der Waals surface area contributed by atoms with Crippen molar-refractivity contribution in [3.63, 3.8) is 0 Å². The van der Waals surface area contributed by atoms with Crippen LogP contribution < -0.4 is 5.32 Å². The molecule has 0 bridgehead atoms. The summed E-state index contributed by atoms with van der Waals surface area (Å²) in [6.07, 6.45) is 3.08. The summed E-state index contributed by atoms with van der Waals surface area (Å²) in [5.41, 5.74) is 2.59. The van der Waals surface area contributed by atoms with Crippen LogP contribution in [-0.2, 0) is 0 Å². The van der Waals surface area contributed by atoms with Gasteiger partial charge in [-0.25, -0.2) is 9.67 Å². The van der Waals surface area contributed by atoms with Gasteiger partial charge in [-0.15, -0.1) is 0 Å². The Balaban J connectivity index is 1.59. The number of carbonyl (C=O) groups is 1. The molecule has 4 rings (SSSR count). The van der Waals surface area contributed by atoms with Crippen molar-refractivity contribution in [2.45, 2.75) is 6.04 Å². The maximum absolute atomic E-state index is 13.1. The van der Waals surface area contributed by atoms with E-state index in [-0.39, 0.29) is 11.9 Å². The Labute approximate surface area is 146 Å². The molecule has 1 atom stereocenters. The van der Waals surface area contributed by atoms with Crippen molar-refractivity contribution >= 4 is 5.91 Å². The first-order valence-corrected chi connectivity index (χ1v) is 8.34. The maximum atomic E-state index is 13.1. The van der Waals surface area contributed by atoms with Gasteiger partial charge >= 0.3 is 0 Å². The van der Waals surface area contributed by atoms with E-state index in [4.69, 9.17) is 0 Å². The summed E-state index contributed by atoms with van der Waals surface area (Å²) < 4.78 is 1.63. The first kappa shape index (κ1) is 15.5. The van der Waals surface area contributed by atoms with E-state index in [0.717, 1.165) is 12.2 Å². The molecule has 3 aromatic rings. The molecule has 1 aliphatic heterocycles. The number of carbonyl (C=O) groups excluding carboxylic acids is 1. The summed E-state index contributed by atoms with van der Waals surface area (Å²) in [4.78, 5) is 19.0. The van der Waals surface area contributed by atoms with E-state index in [1.165, 1.54) is 11.9 Å². The Kier molecular flexibility index (Phi) is 4.26. The van der Waals surface area contributed by atoms with Gasteiger partial charge in [0.05, 0.1) is 11.3 Å². The third-order valence-corrected chi connectivity index (χ3v) is 4.46. The number of nitrogens with zero attached hydrogens (tertiary/aromatic N) is 4. The van der Waals surface area contributed by atoms with Crippen LogP contribution in [0.25, 0.3) is 5.69 Å². The summed E-state index contributed by atoms with van der Waals surface area (Å²) in [6.45, 7) is 2.11. The molecule has 0 radical (unpaired) electrons. The van der Waals surface area contributed by atoms with Gasteiger partial charge in [0.1, 0.15) is 12.7 Å². The molecule has 25 heavy (non-hydrogen) atoms. The molecule has 0 aliphatic carbocycles. The number of hydrogen-bond donors (Lipinski definition) is 1. The summed E-state index contributed by atoms with van der Waals surface area (Å²) in [6, 6.07) is 17.9. The van der Waals surface area contributed by atoms with Crippen molar-refractivity contribution in [3.05, 3.63) is 78.4 Å². The predicted octanol–water partition coefficient (Wildman–Crippen LogP) is 2.05. The summed E-state index contributed by atoms with van der Waals surface area (Å²) in [5, 5.41) is 7.65. The molecule has 0 spiro atoms. The normalized spacial score (nSPS) is 17.4. The van der Waals surface area contributed by atoms with E-state index in [1.54, 1.807) is 11.0 Å². The summed E-state index contributed by atoms with van der Waals surface area (Å²) in [7, 11) is 0. The highest BCUT2D eigenvalue weighted by molar-refractivity contribution is 5.97. The van der Waals surface area contributed by atoms with Gasteiger partial charge in [0, 0.05) is 25.7 Å². The monoisotopic (exact) mass is 333 g/mol. The number of aromatic nitrogens is 3. The van der Waals surface area contributed by atoms with Crippen LogP contribution in [-0.4, -0.2) is 45.2 Å². The van der Waals surface area contributed by atoms with Crippen LogP contribution in [0, 0.1) is 0 Å². The molecule has 1 fully saturated rings. The van der Waals surface area contributed by atoms with Crippen LogP contribution in [0.1, 0.15) is 22.0 Å². The topological polar surface area (TPSA) is 63.1 Å². The summed E-state index contributed by atoms with van der Waals surface area (Å²) in [5.74, 6) is 0.0218. The average Bonchev–Trinajstić information content (AvgIpc) is 3.23. The van der Waals surface area contributed by atoms with Crippen molar-refractivity contribution in [2.24, 2.45) is 0 Å². The molecule has 2 heterocycles. The lowest BCUT2D eigenvalue weighted by atomic mass is 10.0. The standard InChI is InChI=1S/C19H19N5O/c25-19(16-8-4-5-9-18(16)24-14-20-13-22-24)23-11-10-21-17(12-23)15-6-2-1-3-7-15/h1-9,13-14,17,21H,10-12H2. The first-order valence-electron chi connectivity index (χ1n) is 8.34. The molecule has 6 heteroatoms. The SMILES string of the molecule is O=C(c1ccccc1-n1cncn1)N1CCNC(c2ccccc2)C1. The molecule has 6 nitrogen and oxygen atoms in total. The van der Waals surface area contributed by atoms with Gasteiger partial charge in [-0.1, -0.05) is 42.5 Å². The predicted molar refractivity (Wildman–Crippen MR) is 94.4 cm³/mol. The van der Waals surface area contributed by atoms with Crippen LogP contribution in [0.2, 0.25) is 0 Å². The van der Waals surface area contributed by atoms with E-state index < -0.39 is 0 Å². The van der Waals surface area contributed by atoms with Crippen molar-refractivity contribution in [3.8, 4) is 5.69 Å². The van der Waals surface area contributed by atoms with Crippen LogP contribution in [0.3, 0.4) is 0 Å². The lowest BCUT2D eigenvalue weighted by molar-refractivity contribution is 0.0703. The zero-order valence-electron chi connectivity index (χ0n) is 13.7. The molecular weight excluding hydrogens is 314 g/mol. The Hall–Kier alpha value is -2.99. The zero-order chi connectivity index (χ0) is 17.1. The van der Waals surface area contributed by atoms with Gasteiger partial charge in [0.2, 0.25) is 0 Å². The van der Waals surface area contributed by atoms with Crippen LogP contribution in [0.5, 0.6) is 0 Å². The van der Waals surface area contributed by atoms with Crippen LogP contribution >= 0.6 is 0 Å². The number of piperazine rings is 1. The van der Waals surface area contributed by atoms with E-state index in [9.17, 15) is 4.79 Å². The Morgan fingerprint density at radius 3 is 2.68 bits per heavy atom. The fourth-order valence-electron chi connectivity index (χ4n) is 3.20. The van der Waals surface area contributed by atoms with Crippen molar-refractivity contribution in [1.29, 1.82) is 0 Å². The second kappa shape index (κ2) is 6.86. The number of amides is 1. The van der Waals surface area contributed by atoms with E-state index in [1.807, 2.05) is 47.4 Å². The minimum absolute atomic E-state index is 0.0218. The van der Waals surface area contributed by atoms with Gasteiger partial charge in [-0.3, -0.25) is 4.79 Å². The van der Waals surface area contributed by atoms with Crippen molar-refractivity contribution in [2.75, 3.05) is 19.6 Å². The summed E-state index contributed by atoms with van der Waals surface area (Å²) >= 11 is 0.